The van der Waals surface area contributed by atoms with Gasteiger partial charge in [-0.25, -0.2) is 4.79 Å². The van der Waals surface area contributed by atoms with Crippen LogP contribution in [0.25, 0.3) is 0 Å². The van der Waals surface area contributed by atoms with E-state index in [1.54, 1.807) is 0 Å². The van der Waals surface area contributed by atoms with Crippen molar-refractivity contribution in [1.82, 2.24) is 0 Å². The van der Waals surface area contributed by atoms with Crippen LogP contribution in [0.3, 0.4) is 0 Å². The van der Waals surface area contributed by atoms with Gasteiger partial charge in [0.1, 0.15) is 0 Å². The number of carboxylic acid groups (broad SMARTS) is 1. The molecule has 0 aliphatic carbocycles. The monoisotopic (exact) mass is 299 g/mol. The third-order valence-corrected chi connectivity index (χ3v) is 2.18. The van der Waals surface area contributed by atoms with E-state index < -0.39 is 40.7 Å². The van der Waals surface area contributed by atoms with E-state index in [1.165, 1.54) is 0 Å². The van der Waals surface area contributed by atoms with E-state index in [0.717, 1.165) is 0 Å². The number of hydrogen-bond donors (Lipinski definition) is 2. The van der Waals surface area contributed by atoms with Crippen LogP contribution in [0.4, 0.5) is 26.3 Å². The summed E-state index contributed by atoms with van der Waals surface area (Å²) < 4.78 is 75.0. The molecule has 2 N–H and O–H groups in total. The number of nitrogens with zero attached hydrogens (tertiary/aromatic N) is 1. The van der Waals surface area contributed by atoms with E-state index in [1.807, 2.05) is 0 Å². The molecule has 10 heteroatoms. The van der Waals surface area contributed by atoms with Crippen molar-refractivity contribution in [2.75, 3.05) is 0 Å². The van der Waals surface area contributed by atoms with E-state index in [0.29, 0.717) is 0 Å². The number of carbonyl (C=O) groups is 1. The van der Waals surface area contributed by atoms with Crippen LogP contribution >= 0.6 is 0 Å². The first kappa shape index (κ1) is 15.7. The second kappa shape index (κ2) is 4.97. The molecule has 1 aromatic rings. The fourth-order valence-electron chi connectivity index (χ4n) is 1.33. The van der Waals surface area contributed by atoms with Gasteiger partial charge in [-0.3, -0.25) is 0 Å². The Hall–Kier alpha value is -2.35. The van der Waals surface area contributed by atoms with Gasteiger partial charge in [0.05, 0.1) is 27.0 Å². The van der Waals surface area contributed by atoms with Gasteiger partial charge in [-0.2, -0.15) is 26.3 Å². The molecule has 0 amide bonds. The fourth-order valence-corrected chi connectivity index (χ4v) is 1.33. The van der Waals surface area contributed by atoms with E-state index in [2.05, 4.69) is 4.79 Å². The number of carboxylic acids is 1. The lowest BCUT2D eigenvalue weighted by atomic mass is 10.0. The van der Waals surface area contributed by atoms with Gasteiger partial charge in [-0.15, -0.1) is 0 Å². The molecule has 20 heavy (non-hydrogen) atoms. The van der Waals surface area contributed by atoms with Crippen molar-refractivity contribution in [2.24, 2.45) is 0 Å². The molecular weight excluding hydrogens is 294 g/mol. The second-order valence-electron chi connectivity index (χ2n) is 3.56. The van der Waals surface area contributed by atoms with Crippen molar-refractivity contribution < 1.29 is 41.0 Å². The molecule has 0 aromatic heterocycles. The fraction of sp³-hybridized carbons (Fsp3) is 0.200. The Balaban J connectivity index is 3.62. The normalized spacial score (nSPS) is 11.9. The highest BCUT2D eigenvalue weighted by atomic mass is 19.4. The minimum atomic E-state index is -5.10. The molecule has 1 rings (SSSR count). The van der Waals surface area contributed by atoms with Crippen LogP contribution in [0.1, 0.15) is 16.7 Å². The zero-order chi connectivity index (χ0) is 15.7. The molecule has 4 nitrogen and oxygen atoms in total. The van der Waals surface area contributed by atoms with Crippen molar-refractivity contribution >= 4 is 11.7 Å². The smallest absolute Gasteiger partial charge is 0.455 e. The van der Waals surface area contributed by atoms with Gasteiger partial charge in [0.25, 0.3) is 0 Å². The number of rotatable bonds is 2. The Morgan fingerprint density at radius 1 is 1.00 bits per heavy atom. The molecule has 0 saturated carbocycles. The lowest BCUT2D eigenvalue weighted by molar-refractivity contribution is -0.148. The van der Waals surface area contributed by atoms with E-state index >= 15 is 0 Å². The predicted molar refractivity (Wildman–Crippen MR) is 51.2 cm³/mol. The Bertz CT molecular complexity index is 566. The maximum absolute atomic E-state index is 12.5. The van der Waals surface area contributed by atoms with Crippen LogP contribution in [0, 0.1) is 5.53 Å². The Kier molecular flexibility index (Phi) is 3.90. The van der Waals surface area contributed by atoms with E-state index in [-0.39, 0.29) is 18.2 Å². The zero-order valence-electron chi connectivity index (χ0n) is 9.30. The largest absolute Gasteiger partial charge is 0.472 e. The molecule has 0 aliphatic rings. The van der Waals surface area contributed by atoms with Crippen LogP contribution in [0.2, 0.25) is 0 Å². The van der Waals surface area contributed by atoms with Crippen LogP contribution in [-0.4, -0.2) is 21.6 Å². The average molecular weight is 299 g/mol. The highest BCUT2D eigenvalue weighted by molar-refractivity contribution is 6.40. The minimum absolute atomic E-state index is 0.146. The summed E-state index contributed by atoms with van der Waals surface area (Å²) in [6.45, 7) is 0. The summed E-state index contributed by atoms with van der Waals surface area (Å²) in [5.74, 6) is -1.91. The van der Waals surface area contributed by atoms with E-state index in [9.17, 15) is 31.1 Å². The summed E-state index contributed by atoms with van der Waals surface area (Å²) in [5.41, 5.74) is 1.00. The molecule has 0 fully saturated rings. The van der Waals surface area contributed by atoms with Gasteiger partial charge in [0.2, 0.25) is 0 Å². The Morgan fingerprint density at radius 3 is 1.65 bits per heavy atom. The minimum Gasteiger partial charge on any atom is -0.472 e. The van der Waals surface area contributed by atoms with Crippen molar-refractivity contribution in [3.05, 3.63) is 34.9 Å². The topological polar surface area (TPSA) is 75.2 Å². The first-order chi connectivity index (χ1) is 8.96. The maximum atomic E-state index is 12.5. The summed E-state index contributed by atoms with van der Waals surface area (Å²) in [6, 6.07) is 0.236. The number of benzene rings is 1. The molecule has 0 aliphatic heterocycles. The number of alkyl halides is 6. The molecule has 0 heterocycles. The lowest BCUT2D eigenvalue weighted by Gasteiger charge is -2.12. The SMILES string of the molecule is N=[N+]=C(C(=O)O)c1cc(C(F)(F)F)cc(C(F)(F)F)c1. The van der Waals surface area contributed by atoms with Crippen molar-refractivity contribution in [2.45, 2.75) is 12.4 Å². The number of nitrogens with one attached hydrogen (secondary N) is 1. The number of hydrogen-bond acceptors (Lipinski definition) is 2. The first-order valence-electron chi connectivity index (χ1n) is 4.74. The molecule has 0 radical (unpaired) electrons. The van der Waals surface area contributed by atoms with Crippen LogP contribution < -0.4 is 0 Å². The van der Waals surface area contributed by atoms with Crippen molar-refractivity contribution in [3.8, 4) is 0 Å². The molecular formula is C10H5F6N2O2+. The van der Waals surface area contributed by atoms with Gasteiger partial charge in [0, 0.05) is 0 Å². The molecule has 108 valence electrons. The van der Waals surface area contributed by atoms with E-state index in [4.69, 9.17) is 10.6 Å². The van der Waals surface area contributed by atoms with Gasteiger partial charge >= 0.3 is 24.0 Å². The molecule has 0 bridgehead atoms. The molecule has 1 aromatic carbocycles. The number of halogens is 6. The third kappa shape index (κ3) is 3.35. The van der Waals surface area contributed by atoms with Gasteiger partial charge in [-0.05, 0) is 18.2 Å². The Labute approximate surface area is 106 Å². The van der Waals surface area contributed by atoms with Gasteiger partial charge < -0.3 is 5.11 Å². The Morgan fingerprint density at radius 2 is 1.40 bits per heavy atom. The average Bonchev–Trinajstić information content (AvgIpc) is 2.26. The van der Waals surface area contributed by atoms with Crippen LogP contribution in [-0.2, 0) is 17.1 Å². The third-order valence-electron chi connectivity index (χ3n) is 2.18. The highest BCUT2D eigenvalue weighted by Crippen LogP contribution is 2.36. The summed E-state index contributed by atoms with van der Waals surface area (Å²) >= 11 is 0. The molecule has 0 atom stereocenters. The van der Waals surface area contributed by atoms with Gasteiger partial charge in [-0.1, -0.05) is 0 Å². The number of aliphatic carboxylic acids is 1. The van der Waals surface area contributed by atoms with Crippen LogP contribution in [0.5, 0.6) is 0 Å². The summed E-state index contributed by atoms with van der Waals surface area (Å²) in [6.07, 6.45) is -10.2. The zero-order valence-corrected chi connectivity index (χ0v) is 9.30. The molecule has 0 unspecified atom stereocenters. The van der Waals surface area contributed by atoms with Crippen molar-refractivity contribution in [1.29, 1.82) is 5.53 Å². The first-order valence-corrected chi connectivity index (χ1v) is 4.74. The lowest BCUT2D eigenvalue weighted by Crippen LogP contribution is -2.19. The van der Waals surface area contributed by atoms with Crippen molar-refractivity contribution in [3.63, 3.8) is 0 Å². The van der Waals surface area contributed by atoms with Crippen LogP contribution in [0.15, 0.2) is 18.2 Å². The molecule has 0 saturated heterocycles. The molecule has 0 spiro atoms. The summed E-state index contributed by atoms with van der Waals surface area (Å²) in [4.78, 5) is 13.1. The quantitative estimate of drug-likeness (QED) is 0.381. The predicted octanol–water partition coefficient (Wildman–Crippen LogP) is 2.84. The maximum Gasteiger partial charge on any atom is 0.455 e. The summed E-state index contributed by atoms with van der Waals surface area (Å²) in [5, 5.41) is 8.60. The highest BCUT2D eigenvalue weighted by Gasteiger charge is 2.39. The second-order valence-corrected chi connectivity index (χ2v) is 3.56. The van der Waals surface area contributed by atoms with Gasteiger partial charge in [0.15, 0.2) is 0 Å². The summed E-state index contributed by atoms with van der Waals surface area (Å²) in [7, 11) is 0. The standard InChI is InChI=1S/C10H4F6N2O2/c11-9(12,13)5-1-4(7(18-17)8(19)20)2-6(3-5)10(14,15)16/h1-3,17H/p+1.